The Morgan fingerprint density at radius 1 is 1.17 bits per heavy atom. The van der Waals surface area contributed by atoms with Crippen molar-refractivity contribution >= 4 is 46.7 Å². The predicted molar refractivity (Wildman–Crippen MR) is 118 cm³/mol. The normalized spacial score (nSPS) is 10.9. The minimum Gasteiger partial charge on any atom is -0.325 e. The highest BCUT2D eigenvalue weighted by molar-refractivity contribution is 7.99. The highest BCUT2D eigenvalue weighted by Crippen LogP contribution is 2.22. The Bertz CT molecular complexity index is 995. The smallest absolute Gasteiger partial charge is 0.234 e. The average Bonchev–Trinajstić information content (AvgIpc) is 3.04. The number of nitrogens with one attached hydrogen (secondary N) is 1. The number of hydrogen-bond acceptors (Lipinski definition) is 5. The summed E-state index contributed by atoms with van der Waals surface area (Å²) in [6.07, 6.45) is 0. The van der Waals surface area contributed by atoms with Crippen LogP contribution < -0.4 is 5.32 Å². The topological polar surface area (TPSA) is 59.8 Å². The van der Waals surface area contributed by atoms with E-state index in [1.54, 1.807) is 30.0 Å². The van der Waals surface area contributed by atoms with Crippen molar-refractivity contribution in [3.63, 3.8) is 0 Å². The zero-order chi connectivity index (χ0) is 20.8. The van der Waals surface area contributed by atoms with Gasteiger partial charge in [-0.2, -0.15) is 0 Å². The highest BCUT2D eigenvalue weighted by atomic mass is 35.5. The van der Waals surface area contributed by atoms with Crippen molar-refractivity contribution in [3.8, 4) is 0 Å². The van der Waals surface area contributed by atoms with E-state index in [1.165, 1.54) is 23.9 Å². The van der Waals surface area contributed by atoms with Crippen molar-refractivity contribution in [2.75, 3.05) is 11.1 Å². The van der Waals surface area contributed by atoms with Gasteiger partial charge < -0.3 is 9.88 Å². The molecule has 1 heterocycles. The molecule has 1 amide bonds. The van der Waals surface area contributed by atoms with Crippen molar-refractivity contribution in [1.82, 2.24) is 14.8 Å². The van der Waals surface area contributed by atoms with Crippen LogP contribution in [0, 0.1) is 12.7 Å². The van der Waals surface area contributed by atoms with E-state index in [-0.39, 0.29) is 17.5 Å². The Hall–Kier alpha value is -2.03. The van der Waals surface area contributed by atoms with Crippen molar-refractivity contribution in [1.29, 1.82) is 0 Å². The van der Waals surface area contributed by atoms with E-state index in [0.717, 1.165) is 22.7 Å². The van der Waals surface area contributed by atoms with Gasteiger partial charge in [-0.25, -0.2) is 4.39 Å². The van der Waals surface area contributed by atoms with E-state index < -0.39 is 0 Å². The van der Waals surface area contributed by atoms with E-state index in [0.29, 0.717) is 21.6 Å². The number of carbonyl (C=O) groups is 1. The number of anilines is 1. The van der Waals surface area contributed by atoms with Crippen LogP contribution in [0.15, 0.2) is 47.6 Å². The first-order valence-corrected chi connectivity index (χ1v) is 11.3. The standard InChI is InChI=1S/C20H20ClFN4OS2/c1-13-3-8-16(9-17(13)21)23-19(27)12-29-20-25-24-18(26(20)2)11-28-10-14-4-6-15(22)7-5-14/h3-9H,10-12H2,1-2H3,(H,23,27). The molecule has 0 fully saturated rings. The maximum Gasteiger partial charge on any atom is 0.234 e. The van der Waals surface area contributed by atoms with E-state index >= 15 is 0 Å². The summed E-state index contributed by atoms with van der Waals surface area (Å²) in [7, 11) is 1.88. The van der Waals surface area contributed by atoms with Gasteiger partial charge in [0.05, 0.1) is 11.5 Å². The van der Waals surface area contributed by atoms with Gasteiger partial charge in [0, 0.05) is 23.5 Å². The highest BCUT2D eigenvalue weighted by Gasteiger charge is 2.12. The van der Waals surface area contributed by atoms with Gasteiger partial charge in [-0.1, -0.05) is 41.6 Å². The molecular formula is C20H20ClFN4OS2. The Kier molecular flexibility index (Phi) is 7.57. The summed E-state index contributed by atoms with van der Waals surface area (Å²) in [5.74, 6) is 2.12. The van der Waals surface area contributed by atoms with Gasteiger partial charge in [0.25, 0.3) is 0 Å². The average molecular weight is 451 g/mol. The Labute approximate surface area is 182 Å². The third-order valence-corrected chi connectivity index (χ3v) is 6.55. The van der Waals surface area contributed by atoms with Gasteiger partial charge in [-0.3, -0.25) is 4.79 Å². The number of carbonyl (C=O) groups excluding carboxylic acids is 1. The van der Waals surface area contributed by atoms with Crippen LogP contribution >= 0.6 is 35.1 Å². The van der Waals surface area contributed by atoms with Crippen LogP contribution in [0.5, 0.6) is 0 Å². The second kappa shape index (κ2) is 10.1. The molecule has 1 N–H and O–H groups in total. The van der Waals surface area contributed by atoms with Crippen molar-refractivity contribution in [3.05, 3.63) is 70.3 Å². The fraction of sp³-hybridized carbons (Fsp3) is 0.250. The third-order valence-electron chi connectivity index (χ3n) is 4.13. The molecule has 1 aromatic heterocycles. The summed E-state index contributed by atoms with van der Waals surface area (Å²) in [6.45, 7) is 1.91. The van der Waals surface area contributed by atoms with Gasteiger partial charge in [0.2, 0.25) is 5.91 Å². The van der Waals surface area contributed by atoms with Gasteiger partial charge >= 0.3 is 0 Å². The maximum atomic E-state index is 12.9. The second-order valence-corrected chi connectivity index (χ2v) is 8.71. The van der Waals surface area contributed by atoms with Crippen LogP contribution in [0.1, 0.15) is 17.0 Å². The Morgan fingerprint density at radius 3 is 2.66 bits per heavy atom. The molecule has 2 aromatic carbocycles. The Balaban J connectivity index is 1.47. The van der Waals surface area contributed by atoms with Gasteiger partial charge in [-0.15, -0.1) is 22.0 Å². The molecule has 0 bridgehead atoms. The number of halogens is 2. The molecule has 0 radical (unpaired) electrons. The van der Waals surface area contributed by atoms with Crippen molar-refractivity contribution in [2.45, 2.75) is 23.6 Å². The number of thioether (sulfide) groups is 2. The maximum absolute atomic E-state index is 12.9. The minimum absolute atomic E-state index is 0.134. The Morgan fingerprint density at radius 2 is 1.93 bits per heavy atom. The molecule has 152 valence electrons. The quantitative estimate of drug-likeness (QED) is 0.485. The monoisotopic (exact) mass is 450 g/mol. The zero-order valence-corrected chi connectivity index (χ0v) is 18.4. The molecule has 29 heavy (non-hydrogen) atoms. The van der Waals surface area contributed by atoms with E-state index in [1.807, 2.05) is 30.7 Å². The zero-order valence-electron chi connectivity index (χ0n) is 16.0. The number of aromatic nitrogens is 3. The molecule has 5 nitrogen and oxygen atoms in total. The predicted octanol–water partition coefficient (Wildman–Crippen LogP) is 5.08. The van der Waals surface area contributed by atoms with Crippen LogP contribution in [0.3, 0.4) is 0 Å². The first-order valence-electron chi connectivity index (χ1n) is 8.81. The molecular weight excluding hydrogens is 431 g/mol. The molecule has 3 rings (SSSR count). The van der Waals surface area contributed by atoms with Gasteiger partial charge in [0.15, 0.2) is 5.16 Å². The lowest BCUT2D eigenvalue weighted by atomic mass is 10.2. The van der Waals surface area contributed by atoms with Crippen LogP contribution in [0.25, 0.3) is 0 Å². The molecule has 0 saturated heterocycles. The van der Waals surface area contributed by atoms with E-state index in [9.17, 15) is 9.18 Å². The molecule has 0 aliphatic heterocycles. The second-order valence-electron chi connectivity index (χ2n) is 6.38. The van der Waals surface area contributed by atoms with Crippen LogP contribution in [-0.2, 0) is 23.3 Å². The van der Waals surface area contributed by atoms with Crippen molar-refractivity contribution < 1.29 is 9.18 Å². The van der Waals surface area contributed by atoms with E-state index in [4.69, 9.17) is 11.6 Å². The lowest BCUT2D eigenvalue weighted by molar-refractivity contribution is -0.113. The SMILES string of the molecule is Cc1ccc(NC(=O)CSc2nnc(CSCc3ccc(F)cc3)n2C)cc1Cl. The molecule has 3 aromatic rings. The first kappa shape index (κ1) is 21.7. The van der Waals surface area contributed by atoms with Gasteiger partial charge in [0.1, 0.15) is 11.6 Å². The molecule has 0 saturated carbocycles. The number of aryl methyl sites for hydroxylation is 1. The summed E-state index contributed by atoms with van der Waals surface area (Å²) >= 11 is 9.09. The van der Waals surface area contributed by atoms with Crippen LogP contribution in [0.2, 0.25) is 5.02 Å². The summed E-state index contributed by atoms with van der Waals surface area (Å²) in [6, 6.07) is 11.9. The molecule has 0 aliphatic rings. The lowest BCUT2D eigenvalue weighted by Gasteiger charge is -2.07. The van der Waals surface area contributed by atoms with E-state index in [2.05, 4.69) is 15.5 Å². The van der Waals surface area contributed by atoms with Crippen molar-refractivity contribution in [2.24, 2.45) is 7.05 Å². The minimum atomic E-state index is -0.233. The van der Waals surface area contributed by atoms with Crippen LogP contribution in [-0.4, -0.2) is 26.4 Å². The molecule has 0 atom stereocenters. The fourth-order valence-electron chi connectivity index (χ4n) is 2.44. The summed E-state index contributed by atoms with van der Waals surface area (Å²) in [5, 5.41) is 12.5. The number of benzene rings is 2. The molecule has 9 heteroatoms. The molecule has 0 spiro atoms. The number of rotatable bonds is 8. The molecule has 0 aliphatic carbocycles. The largest absolute Gasteiger partial charge is 0.325 e. The number of hydrogen-bond donors (Lipinski definition) is 1. The van der Waals surface area contributed by atoms with Gasteiger partial charge in [-0.05, 0) is 42.3 Å². The first-order chi connectivity index (χ1) is 13.9. The number of amides is 1. The van der Waals surface area contributed by atoms with Crippen LogP contribution in [0.4, 0.5) is 10.1 Å². The number of nitrogens with zero attached hydrogens (tertiary/aromatic N) is 3. The summed E-state index contributed by atoms with van der Waals surface area (Å²) in [5.41, 5.74) is 2.69. The summed E-state index contributed by atoms with van der Waals surface area (Å²) < 4.78 is 14.8. The molecule has 0 unspecified atom stereocenters. The lowest BCUT2D eigenvalue weighted by Crippen LogP contribution is -2.14. The third kappa shape index (κ3) is 6.22. The fourth-order valence-corrected chi connectivity index (χ4v) is 4.31. The summed E-state index contributed by atoms with van der Waals surface area (Å²) in [4.78, 5) is 12.2.